The largest absolute Gasteiger partial charge is 0.457 e. The first kappa shape index (κ1) is 17.4. The Morgan fingerprint density at radius 1 is 0.917 bits per heavy atom. The Labute approximate surface area is 154 Å². The van der Waals surface area contributed by atoms with Crippen LogP contribution in [-0.2, 0) is 0 Å². The van der Waals surface area contributed by atoms with Gasteiger partial charge in [0.1, 0.15) is 11.5 Å². The molecule has 2 bridgehead atoms. The lowest BCUT2D eigenvalue weighted by Crippen LogP contribution is -2.53. The molecule has 128 valence electrons. The van der Waals surface area contributed by atoms with Gasteiger partial charge in [0, 0.05) is 23.3 Å². The minimum atomic E-state index is 0. The lowest BCUT2D eigenvalue weighted by Gasteiger charge is -2.45. The summed E-state index contributed by atoms with van der Waals surface area (Å²) in [4.78, 5) is 2.57. The molecular formula is C19H22Cl2N2O. The third-order valence-electron chi connectivity index (χ3n) is 4.91. The van der Waals surface area contributed by atoms with E-state index < -0.39 is 0 Å². The summed E-state index contributed by atoms with van der Waals surface area (Å²) in [6.07, 6.45) is 2.66. The van der Waals surface area contributed by atoms with Crippen molar-refractivity contribution < 1.29 is 4.74 Å². The van der Waals surface area contributed by atoms with Gasteiger partial charge in [0.25, 0.3) is 0 Å². The Bertz CT molecular complexity index is 652. The van der Waals surface area contributed by atoms with Gasteiger partial charge in [0.2, 0.25) is 0 Å². The maximum atomic E-state index is 5.89. The fourth-order valence-corrected chi connectivity index (χ4v) is 3.73. The van der Waals surface area contributed by atoms with Crippen LogP contribution in [0.5, 0.6) is 11.5 Å². The molecule has 3 aliphatic heterocycles. The summed E-state index contributed by atoms with van der Waals surface area (Å²) in [5.41, 5.74) is 1.17. The number of anilines is 1. The minimum Gasteiger partial charge on any atom is -0.457 e. The normalized spacial score (nSPS) is 25.0. The number of nitrogens with zero attached hydrogens (tertiary/aromatic N) is 1. The third-order valence-corrected chi connectivity index (χ3v) is 5.16. The standard InChI is InChI=1S/C19H21ClN2O.ClH/c20-15-1-5-17(6-2-15)23-18-7-3-16(4-8-18)21-19-13-22-11-9-14(19)10-12-22;/h1-8,14,19,21H,9-13H2;1H. The third kappa shape index (κ3) is 3.97. The average Bonchev–Trinajstić information content (AvgIpc) is 2.60. The molecule has 5 heteroatoms. The van der Waals surface area contributed by atoms with Crippen LogP contribution in [0.15, 0.2) is 48.5 Å². The summed E-state index contributed by atoms with van der Waals surface area (Å²) in [7, 11) is 0. The van der Waals surface area contributed by atoms with Gasteiger partial charge < -0.3 is 15.0 Å². The molecule has 2 aromatic carbocycles. The number of nitrogens with one attached hydrogen (secondary N) is 1. The van der Waals surface area contributed by atoms with Crippen LogP contribution in [0.2, 0.25) is 5.02 Å². The van der Waals surface area contributed by atoms with Crippen molar-refractivity contribution in [1.82, 2.24) is 4.90 Å². The highest BCUT2D eigenvalue weighted by atomic mass is 35.5. The molecule has 1 unspecified atom stereocenters. The number of fused-ring (bicyclic) bond motifs is 3. The van der Waals surface area contributed by atoms with Gasteiger partial charge in [-0.25, -0.2) is 0 Å². The van der Waals surface area contributed by atoms with E-state index in [4.69, 9.17) is 16.3 Å². The average molecular weight is 365 g/mol. The summed E-state index contributed by atoms with van der Waals surface area (Å²) in [6.45, 7) is 3.72. The Kier molecular flexibility index (Phi) is 5.54. The Hall–Kier alpha value is -1.42. The Morgan fingerprint density at radius 3 is 2.04 bits per heavy atom. The van der Waals surface area contributed by atoms with Gasteiger partial charge in [-0.1, -0.05) is 11.6 Å². The number of rotatable bonds is 4. The number of piperidine rings is 3. The number of halogens is 2. The first-order valence-electron chi connectivity index (χ1n) is 8.29. The van der Waals surface area contributed by atoms with E-state index in [1.165, 1.54) is 38.2 Å². The second kappa shape index (κ2) is 7.64. The predicted molar refractivity (Wildman–Crippen MR) is 102 cm³/mol. The molecule has 0 saturated carbocycles. The highest BCUT2D eigenvalue weighted by Gasteiger charge is 2.33. The summed E-state index contributed by atoms with van der Waals surface area (Å²) < 4.78 is 5.83. The molecule has 0 amide bonds. The molecule has 0 aliphatic carbocycles. The molecule has 3 nitrogen and oxygen atoms in total. The molecule has 3 heterocycles. The topological polar surface area (TPSA) is 24.5 Å². The molecule has 0 spiro atoms. The van der Waals surface area contributed by atoms with Crippen molar-refractivity contribution in [2.75, 3.05) is 25.0 Å². The van der Waals surface area contributed by atoms with E-state index in [0.29, 0.717) is 6.04 Å². The van der Waals surface area contributed by atoms with E-state index in [9.17, 15) is 0 Å². The fraction of sp³-hybridized carbons (Fsp3) is 0.368. The van der Waals surface area contributed by atoms with Gasteiger partial charge in [-0.2, -0.15) is 0 Å². The molecule has 2 aromatic rings. The maximum Gasteiger partial charge on any atom is 0.127 e. The zero-order chi connectivity index (χ0) is 15.6. The lowest BCUT2D eigenvalue weighted by molar-refractivity contribution is 0.0975. The second-order valence-corrected chi connectivity index (χ2v) is 6.91. The van der Waals surface area contributed by atoms with Crippen LogP contribution in [0.4, 0.5) is 5.69 Å². The molecule has 1 atom stereocenters. The van der Waals surface area contributed by atoms with Gasteiger partial charge >= 0.3 is 0 Å². The van der Waals surface area contributed by atoms with Crippen molar-refractivity contribution in [2.45, 2.75) is 18.9 Å². The van der Waals surface area contributed by atoms with Gasteiger partial charge in [-0.15, -0.1) is 12.4 Å². The molecule has 5 rings (SSSR count). The van der Waals surface area contributed by atoms with E-state index in [-0.39, 0.29) is 12.4 Å². The van der Waals surface area contributed by atoms with Crippen molar-refractivity contribution in [1.29, 1.82) is 0 Å². The Morgan fingerprint density at radius 2 is 1.50 bits per heavy atom. The van der Waals surface area contributed by atoms with Gasteiger partial charge in [-0.3, -0.25) is 0 Å². The lowest BCUT2D eigenvalue weighted by atomic mass is 9.84. The fourth-order valence-electron chi connectivity index (χ4n) is 3.60. The zero-order valence-corrected chi connectivity index (χ0v) is 15.0. The Balaban J connectivity index is 0.00000169. The van der Waals surface area contributed by atoms with Crippen LogP contribution in [0, 0.1) is 5.92 Å². The van der Waals surface area contributed by atoms with E-state index >= 15 is 0 Å². The zero-order valence-electron chi connectivity index (χ0n) is 13.5. The predicted octanol–water partition coefficient (Wildman–Crippen LogP) is 5.06. The molecule has 1 N–H and O–H groups in total. The first-order valence-corrected chi connectivity index (χ1v) is 8.66. The van der Waals surface area contributed by atoms with E-state index in [2.05, 4.69) is 22.3 Å². The first-order chi connectivity index (χ1) is 11.3. The summed E-state index contributed by atoms with van der Waals surface area (Å²) in [5.74, 6) is 2.46. The number of benzene rings is 2. The summed E-state index contributed by atoms with van der Waals surface area (Å²) in [5, 5.41) is 4.41. The summed E-state index contributed by atoms with van der Waals surface area (Å²) >= 11 is 5.89. The van der Waals surface area contributed by atoms with Crippen LogP contribution >= 0.6 is 24.0 Å². The minimum absolute atomic E-state index is 0. The van der Waals surface area contributed by atoms with Crippen LogP contribution < -0.4 is 10.1 Å². The molecule has 3 aliphatic rings. The van der Waals surface area contributed by atoms with Crippen molar-refractivity contribution >= 4 is 29.7 Å². The molecule has 0 radical (unpaired) electrons. The smallest absolute Gasteiger partial charge is 0.127 e. The highest BCUT2D eigenvalue weighted by Crippen LogP contribution is 2.30. The maximum absolute atomic E-state index is 5.89. The number of hydrogen-bond acceptors (Lipinski definition) is 3. The van der Waals surface area contributed by atoms with E-state index in [1.54, 1.807) is 0 Å². The monoisotopic (exact) mass is 364 g/mol. The van der Waals surface area contributed by atoms with Crippen LogP contribution in [0.25, 0.3) is 0 Å². The van der Waals surface area contributed by atoms with E-state index in [0.717, 1.165) is 22.4 Å². The van der Waals surface area contributed by atoms with Gasteiger partial charge in [0.05, 0.1) is 0 Å². The van der Waals surface area contributed by atoms with Crippen molar-refractivity contribution in [3.8, 4) is 11.5 Å². The molecule has 3 saturated heterocycles. The van der Waals surface area contributed by atoms with Crippen molar-refractivity contribution in [2.24, 2.45) is 5.92 Å². The molecule has 3 fully saturated rings. The quantitative estimate of drug-likeness (QED) is 0.820. The molecular weight excluding hydrogens is 343 g/mol. The molecule has 24 heavy (non-hydrogen) atoms. The van der Waals surface area contributed by atoms with Crippen LogP contribution in [-0.4, -0.2) is 30.6 Å². The molecule has 0 aromatic heterocycles. The van der Waals surface area contributed by atoms with Crippen LogP contribution in [0.3, 0.4) is 0 Å². The summed E-state index contributed by atoms with van der Waals surface area (Å²) in [6, 6.07) is 16.2. The SMILES string of the molecule is Cl.Clc1ccc(Oc2ccc(NC3CN4CCC3CC4)cc2)cc1. The van der Waals surface area contributed by atoms with Crippen LogP contribution in [0.1, 0.15) is 12.8 Å². The van der Waals surface area contributed by atoms with E-state index in [1.807, 2.05) is 36.4 Å². The second-order valence-electron chi connectivity index (χ2n) is 6.47. The van der Waals surface area contributed by atoms with Crippen molar-refractivity contribution in [3.63, 3.8) is 0 Å². The van der Waals surface area contributed by atoms with Gasteiger partial charge in [-0.05, 0) is 80.4 Å². The number of hydrogen-bond donors (Lipinski definition) is 1. The number of ether oxygens (including phenoxy) is 1. The van der Waals surface area contributed by atoms with Crippen molar-refractivity contribution in [3.05, 3.63) is 53.6 Å². The highest BCUT2D eigenvalue weighted by molar-refractivity contribution is 6.30. The van der Waals surface area contributed by atoms with Gasteiger partial charge in [0.15, 0.2) is 0 Å².